The molecule has 2 N–H and O–H groups in total. The lowest BCUT2D eigenvalue weighted by Crippen LogP contribution is -2.00. The van der Waals surface area contributed by atoms with E-state index in [-0.39, 0.29) is 0 Å². The highest BCUT2D eigenvalue weighted by Gasteiger charge is 2.10. The van der Waals surface area contributed by atoms with Gasteiger partial charge >= 0.3 is 0 Å². The van der Waals surface area contributed by atoms with Crippen molar-refractivity contribution in [3.63, 3.8) is 0 Å². The molecule has 0 aromatic carbocycles. The number of anilines is 1. The zero-order valence-electron chi connectivity index (χ0n) is 7.42. The minimum absolute atomic E-state index is 0.360. The van der Waals surface area contributed by atoms with Crippen LogP contribution in [0.4, 0.5) is 5.82 Å². The second-order valence-electron chi connectivity index (χ2n) is 3.02. The summed E-state index contributed by atoms with van der Waals surface area (Å²) >= 11 is 0. The van der Waals surface area contributed by atoms with Crippen LogP contribution in [0.1, 0.15) is 0 Å². The molecule has 3 aromatic heterocycles. The maximum Gasteiger partial charge on any atom is 0.187 e. The average Bonchev–Trinajstić information content (AvgIpc) is 2.69. The van der Waals surface area contributed by atoms with Gasteiger partial charge in [0.25, 0.3) is 0 Å². The molecule has 0 spiro atoms. The molecule has 70 valence electrons. The van der Waals surface area contributed by atoms with Crippen molar-refractivity contribution in [2.75, 3.05) is 5.73 Å². The number of nitrogens with zero attached hydrogens (tertiary/aromatic N) is 6. The van der Waals surface area contributed by atoms with E-state index in [9.17, 15) is 0 Å². The molecule has 0 aliphatic rings. The molecule has 0 saturated carbocycles. The second-order valence-corrected chi connectivity index (χ2v) is 3.02. The molecular weight excluding hydrogens is 182 g/mol. The summed E-state index contributed by atoms with van der Waals surface area (Å²) in [6.07, 6.45) is 3.28. The zero-order chi connectivity index (χ0) is 9.71. The third-order valence-electron chi connectivity index (χ3n) is 2.05. The van der Waals surface area contributed by atoms with Gasteiger partial charge in [-0.3, -0.25) is 4.68 Å². The Morgan fingerprint density at radius 2 is 2.21 bits per heavy atom. The van der Waals surface area contributed by atoms with E-state index in [1.807, 2.05) is 13.2 Å². The van der Waals surface area contributed by atoms with E-state index in [1.165, 1.54) is 11.0 Å². The Morgan fingerprint density at radius 3 is 3.07 bits per heavy atom. The van der Waals surface area contributed by atoms with Crippen LogP contribution >= 0.6 is 0 Å². The van der Waals surface area contributed by atoms with Crippen molar-refractivity contribution in [3.05, 3.63) is 12.5 Å². The predicted octanol–water partition coefficient (Wildman–Crippen LogP) is -0.407. The standard InChI is InChI=1S/C7H7N7/c1-13-2-4-5(11-13)6(8)12-14-7(4)9-3-10-14/h2-3H,1H3,(H2,8,12). The number of rotatable bonds is 0. The number of aryl methyl sites for hydroxylation is 1. The van der Waals surface area contributed by atoms with Crippen molar-refractivity contribution in [3.8, 4) is 0 Å². The zero-order valence-corrected chi connectivity index (χ0v) is 7.42. The van der Waals surface area contributed by atoms with Crippen molar-refractivity contribution in [1.82, 2.24) is 29.6 Å². The molecule has 0 saturated heterocycles. The maximum absolute atomic E-state index is 5.72. The highest BCUT2D eigenvalue weighted by molar-refractivity contribution is 5.96. The molecule has 0 aliphatic carbocycles. The Balaban J connectivity index is 2.65. The molecule has 3 heterocycles. The number of nitrogens with two attached hydrogens (primary N) is 1. The quantitative estimate of drug-likeness (QED) is 0.519. The fraction of sp³-hybridized carbons (Fsp3) is 0.143. The van der Waals surface area contributed by atoms with E-state index in [0.717, 1.165) is 5.39 Å². The van der Waals surface area contributed by atoms with Crippen LogP contribution in [0.25, 0.3) is 16.6 Å². The van der Waals surface area contributed by atoms with Crippen molar-refractivity contribution < 1.29 is 0 Å². The summed E-state index contributed by atoms with van der Waals surface area (Å²) in [6.45, 7) is 0. The molecule has 7 heteroatoms. The summed E-state index contributed by atoms with van der Waals surface area (Å²) in [5.41, 5.74) is 7.05. The lowest BCUT2D eigenvalue weighted by Gasteiger charge is -1.94. The van der Waals surface area contributed by atoms with Crippen molar-refractivity contribution in [1.29, 1.82) is 0 Å². The van der Waals surface area contributed by atoms with Crippen LogP contribution in [0.2, 0.25) is 0 Å². The van der Waals surface area contributed by atoms with Crippen molar-refractivity contribution >= 4 is 22.4 Å². The molecule has 7 nitrogen and oxygen atoms in total. The first kappa shape index (κ1) is 7.25. The Bertz CT molecular complexity index is 619. The molecule has 14 heavy (non-hydrogen) atoms. The van der Waals surface area contributed by atoms with E-state index >= 15 is 0 Å². The summed E-state index contributed by atoms with van der Waals surface area (Å²) in [6, 6.07) is 0. The fourth-order valence-corrected chi connectivity index (χ4v) is 1.48. The summed E-state index contributed by atoms with van der Waals surface area (Å²) in [4.78, 5) is 4.08. The van der Waals surface area contributed by atoms with Gasteiger partial charge in [-0.25, -0.2) is 4.98 Å². The van der Waals surface area contributed by atoms with Gasteiger partial charge in [-0.2, -0.15) is 5.10 Å². The number of hydrogen-bond donors (Lipinski definition) is 1. The van der Waals surface area contributed by atoms with E-state index in [2.05, 4.69) is 20.3 Å². The maximum atomic E-state index is 5.72. The van der Waals surface area contributed by atoms with E-state index in [4.69, 9.17) is 5.73 Å². The monoisotopic (exact) mass is 189 g/mol. The Hall–Kier alpha value is -2.18. The summed E-state index contributed by atoms with van der Waals surface area (Å²) in [7, 11) is 1.83. The molecule has 3 rings (SSSR count). The molecule has 0 atom stereocenters. The summed E-state index contributed by atoms with van der Waals surface area (Å²) in [5.74, 6) is 0.360. The Kier molecular flexibility index (Phi) is 1.13. The highest BCUT2D eigenvalue weighted by atomic mass is 15.5. The minimum atomic E-state index is 0.360. The van der Waals surface area contributed by atoms with Crippen LogP contribution in [-0.4, -0.2) is 29.6 Å². The predicted molar refractivity (Wildman–Crippen MR) is 49.5 cm³/mol. The molecule has 0 bridgehead atoms. The smallest absolute Gasteiger partial charge is 0.187 e. The van der Waals surface area contributed by atoms with Gasteiger partial charge in [0.2, 0.25) is 0 Å². The lowest BCUT2D eigenvalue weighted by atomic mass is 10.3. The van der Waals surface area contributed by atoms with Gasteiger partial charge in [0.05, 0.1) is 5.39 Å². The first-order chi connectivity index (χ1) is 6.75. The molecular formula is C7H7N7. The van der Waals surface area contributed by atoms with Gasteiger partial charge in [-0.05, 0) is 0 Å². The Labute approximate surface area is 78.1 Å². The fourth-order valence-electron chi connectivity index (χ4n) is 1.48. The van der Waals surface area contributed by atoms with Gasteiger partial charge in [-0.1, -0.05) is 0 Å². The van der Waals surface area contributed by atoms with Gasteiger partial charge in [0, 0.05) is 13.2 Å². The van der Waals surface area contributed by atoms with Crippen LogP contribution in [0, 0.1) is 0 Å². The summed E-state index contributed by atoms with van der Waals surface area (Å²) < 4.78 is 3.08. The minimum Gasteiger partial charge on any atom is -0.380 e. The molecule has 0 aliphatic heterocycles. The van der Waals surface area contributed by atoms with E-state index in [1.54, 1.807) is 4.68 Å². The van der Waals surface area contributed by atoms with Gasteiger partial charge in [0.1, 0.15) is 11.8 Å². The number of nitrogen functional groups attached to an aromatic ring is 1. The van der Waals surface area contributed by atoms with Gasteiger partial charge in [-0.15, -0.1) is 14.8 Å². The molecule has 0 unspecified atom stereocenters. The number of hydrogen-bond acceptors (Lipinski definition) is 5. The third kappa shape index (κ3) is 0.754. The topological polar surface area (TPSA) is 86.9 Å². The Morgan fingerprint density at radius 1 is 1.36 bits per heavy atom. The lowest BCUT2D eigenvalue weighted by molar-refractivity contribution is 0.778. The van der Waals surface area contributed by atoms with Crippen LogP contribution in [0.5, 0.6) is 0 Å². The number of fused-ring (bicyclic) bond motifs is 3. The van der Waals surface area contributed by atoms with Crippen molar-refractivity contribution in [2.24, 2.45) is 7.05 Å². The normalized spacial score (nSPS) is 11.5. The van der Waals surface area contributed by atoms with Gasteiger partial charge < -0.3 is 5.73 Å². The average molecular weight is 189 g/mol. The highest BCUT2D eigenvalue weighted by Crippen LogP contribution is 2.19. The van der Waals surface area contributed by atoms with Crippen LogP contribution < -0.4 is 5.73 Å². The van der Waals surface area contributed by atoms with Crippen LogP contribution in [-0.2, 0) is 7.05 Å². The first-order valence-electron chi connectivity index (χ1n) is 4.04. The molecule has 3 aromatic rings. The first-order valence-corrected chi connectivity index (χ1v) is 4.04. The van der Waals surface area contributed by atoms with E-state index < -0.39 is 0 Å². The molecule has 0 radical (unpaired) electrons. The van der Waals surface area contributed by atoms with Gasteiger partial charge in [0.15, 0.2) is 11.5 Å². The molecule has 0 amide bonds. The third-order valence-corrected chi connectivity index (χ3v) is 2.05. The SMILES string of the molecule is Cn1cc2c(n1)c(N)nn1ncnc21. The number of aromatic nitrogens is 6. The molecule has 0 fully saturated rings. The van der Waals surface area contributed by atoms with Crippen LogP contribution in [0.15, 0.2) is 12.5 Å². The van der Waals surface area contributed by atoms with Crippen LogP contribution in [0.3, 0.4) is 0 Å². The summed E-state index contributed by atoms with van der Waals surface area (Å²) in [5, 5.41) is 13.0. The van der Waals surface area contributed by atoms with Crippen molar-refractivity contribution in [2.45, 2.75) is 0 Å². The largest absolute Gasteiger partial charge is 0.380 e. The van der Waals surface area contributed by atoms with E-state index in [0.29, 0.717) is 17.0 Å². The second kappa shape index (κ2) is 2.19.